The van der Waals surface area contributed by atoms with Crippen molar-refractivity contribution in [2.24, 2.45) is 0 Å². The topological polar surface area (TPSA) is 40.6 Å². The molecular weight excluding hydrogens is 327 g/mol. The van der Waals surface area contributed by atoms with Crippen molar-refractivity contribution in [3.05, 3.63) is 52.0 Å². The van der Waals surface area contributed by atoms with Crippen LogP contribution in [0.1, 0.15) is 24.0 Å². The molecule has 0 saturated heterocycles. The summed E-state index contributed by atoms with van der Waals surface area (Å²) in [6.07, 6.45) is 1.16. The highest BCUT2D eigenvalue weighted by atomic mass is 32.1. The molecule has 0 radical (unpaired) electrons. The minimum absolute atomic E-state index is 0.0109. The molecular formula is C18H19FN2O2S. The van der Waals surface area contributed by atoms with Gasteiger partial charge >= 0.3 is 0 Å². The molecule has 6 heteroatoms. The molecule has 1 aliphatic heterocycles. The van der Waals surface area contributed by atoms with Gasteiger partial charge in [0.2, 0.25) is 11.8 Å². The fourth-order valence-corrected chi connectivity index (χ4v) is 3.58. The number of amides is 2. The minimum Gasteiger partial charge on any atom is -0.341 e. The number of halogens is 1. The molecule has 0 saturated carbocycles. The number of aryl methyl sites for hydroxylation is 1. The maximum absolute atomic E-state index is 13.4. The highest BCUT2D eigenvalue weighted by Crippen LogP contribution is 2.28. The molecule has 0 bridgehead atoms. The summed E-state index contributed by atoms with van der Waals surface area (Å²) in [5.74, 6) is -0.319. The van der Waals surface area contributed by atoms with Gasteiger partial charge in [-0.1, -0.05) is 0 Å². The van der Waals surface area contributed by atoms with Crippen LogP contribution >= 0.6 is 11.3 Å². The summed E-state index contributed by atoms with van der Waals surface area (Å²) in [6.45, 7) is 0.891. The molecule has 2 amide bonds. The first kappa shape index (κ1) is 16.6. The fraction of sp³-hybridized carbons (Fsp3) is 0.333. The molecule has 0 aliphatic carbocycles. The monoisotopic (exact) mass is 346 g/mol. The Hall–Kier alpha value is -2.21. The van der Waals surface area contributed by atoms with Crippen molar-refractivity contribution in [2.45, 2.75) is 25.8 Å². The number of fused-ring (bicyclic) bond motifs is 1. The number of thiophene rings is 1. The van der Waals surface area contributed by atoms with Crippen molar-refractivity contribution in [3.63, 3.8) is 0 Å². The molecule has 0 spiro atoms. The first-order chi connectivity index (χ1) is 11.5. The quantitative estimate of drug-likeness (QED) is 0.834. The molecule has 0 atom stereocenters. The smallest absolute Gasteiger partial charge is 0.227 e. The average molecular weight is 346 g/mol. The van der Waals surface area contributed by atoms with Crippen LogP contribution in [0.25, 0.3) is 0 Å². The predicted octanol–water partition coefficient (Wildman–Crippen LogP) is 3.22. The van der Waals surface area contributed by atoms with Crippen molar-refractivity contribution >= 4 is 28.8 Å². The van der Waals surface area contributed by atoms with E-state index in [0.29, 0.717) is 25.9 Å². The lowest BCUT2D eigenvalue weighted by Gasteiger charge is -2.30. The van der Waals surface area contributed by atoms with Crippen LogP contribution in [-0.4, -0.2) is 30.3 Å². The lowest BCUT2D eigenvalue weighted by atomic mass is 10.0. The van der Waals surface area contributed by atoms with Gasteiger partial charge in [-0.15, -0.1) is 0 Å². The Morgan fingerprint density at radius 3 is 2.92 bits per heavy atom. The van der Waals surface area contributed by atoms with Crippen LogP contribution in [0.5, 0.6) is 0 Å². The van der Waals surface area contributed by atoms with E-state index in [9.17, 15) is 14.0 Å². The summed E-state index contributed by atoms with van der Waals surface area (Å²) in [5, 5.41) is 4.00. The van der Waals surface area contributed by atoms with Gasteiger partial charge in [0, 0.05) is 38.7 Å². The van der Waals surface area contributed by atoms with Crippen LogP contribution in [-0.2, 0) is 22.6 Å². The molecule has 2 aromatic rings. The Bertz CT molecular complexity index is 745. The Balaban J connectivity index is 1.63. The lowest BCUT2D eigenvalue weighted by Crippen LogP contribution is -2.38. The molecule has 1 aliphatic rings. The van der Waals surface area contributed by atoms with Crippen molar-refractivity contribution in [2.75, 3.05) is 18.5 Å². The van der Waals surface area contributed by atoms with Gasteiger partial charge in [0.1, 0.15) is 5.82 Å². The van der Waals surface area contributed by atoms with E-state index < -0.39 is 0 Å². The van der Waals surface area contributed by atoms with Gasteiger partial charge in [0.05, 0.1) is 0 Å². The summed E-state index contributed by atoms with van der Waals surface area (Å²) < 4.78 is 13.4. The van der Waals surface area contributed by atoms with E-state index in [0.717, 1.165) is 16.8 Å². The normalized spacial score (nSPS) is 13.8. The zero-order chi connectivity index (χ0) is 17.1. The molecule has 1 aromatic heterocycles. The Morgan fingerprint density at radius 1 is 1.33 bits per heavy atom. The van der Waals surface area contributed by atoms with Gasteiger partial charge in [0.15, 0.2) is 0 Å². The second-order valence-electron chi connectivity index (χ2n) is 5.95. The zero-order valence-corrected chi connectivity index (χ0v) is 14.3. The molecule has 4 nitrogen and oxygen atoms in total. The first-order valence-corrected chi connectivity index (χ1v) is 8.82. The van der Waals surface area contributed by atoms with Gasteiger partial charge in [-0.05, 0) is 52.6 Å². The number of hydrogen-bond donors (Lipinski definition) is 0. The molecule has 0 fully saturated rings. The van der Waals surface area contributed by atoms with Crippen LogP contribution in [0.2, 0.25) is 0 Å². The third-order valence-electron chi connectivity index (χ3n) is 4.22. The zero-order valence-electron chi connectivity index (χ0n) is 13.5. The highest BCUT2D eigenvalue weighted by Gasteiger charge is 2.25. The average Bonchev–Trinajstić information content (AvgIpc) is 3.06. The standard InChI is InChI=1S/C18H19FN2O2S/c1-20(11-13-7-9-24-12-13)17(22)6-8-21-16-4-3-15(19)10-14(16)2-5-18(21)23/h3-4,7,9-10,12H,2,5-6,8,11H2,1H3. The number of carbonyl (C=O) groups is 2. The van der Waals surface area contributed by atoms with Gasteiger partial charge in [-0.25, -0.2) is 4.39 Å². The van der Waals surface area contributed by atoms with Gasteiger partial charge < -0.3 is 9.80 Å². The second-order valence-corrected chi connectivity index (χ2v) is 6.73. The summed E-state index contributed by atoms with van der Waals surface area (Å²) in [7, 11) is 1.77. The maximum Gasteiger partial charge on any atom is 0.227 e. The molecule has 2 heterocycles. The van der Waals surface area contributed by atoms with E-state index in [1.165, 1.54) is 12.1 Å². The molecule has 0 N–H and O–H groups in total. The number of nitrogens with zero attached hydrogens (tertiary/aromatic N) is 2. The molecule has 3 rings (SSSR count). The molecule has 126 valence electrons. The third-order valence-corrected chi connectivity index (χ3v) is 4.95. The predicted molar refractivity (Wildman–Crippen MR) is 92.5 cm³/mol. The maximum atomic E-state index is 13.4. The van der Waals surface area contributed by atoms with E-state index in [1.807, 2.05) is 16.8 Å². The van der Waals surface area contributed by atoms with Gasteiger partial charge in [-0.2, -0.15) is 11.3 Å². The van der Waals surface area contributed by atoms with Gasteiger partial charge in [-0.3, -0.25) is 9.59 Å². The van der Waals surface area contributed by atoms with Crippen LogP contribution in [0.4, 0.5) is 10.1 Å². The summed E-state index contributed by atoms with van der Waals surface area (Å²) in [6, 6.07) is 6.45. The number of rotatable bonds is 5. The largest absolute Gasteiger partial charge is 0.341 e. The van der Waals surface area contributed by atoms with Crippen LogP contribution in [0.15, 0.2) is 35.0 Å². The Kier molecular flexibility index (Phi) is 4.94. The SMILES string of the molecule is CN(Cc1ccsc1)C(=O)CCN1C(=O)CCc2cc(F)ccc21. The van der Waals surface area contributed by atoms with E-state index in [4.69, 9.17) is 0 Å². The van der Waals surface area contributed by atoms with E-state index in [2.05, 4.69) is 0 Å². The van der Waals surface area contributed by atoms with E-state index in [-0.39, 0.29) is 24.1 Å². The van der Waals surface area contributed by atoms with Crippen LogP contribution < -0.4 is 4.90 Å². The van der Waals surface area contributed by atoms with E-state index in [1.54, 1.807) is 34.3 Å². The third kappa shape index (κ3) is 3.64. The minimum atomic E-state index is -0.297. The van der Waals surface area contributed by atoms with Crippen LogP contribution in [0, 0.1) is 5.82 Å². The van der Waals surface area contributed by atoms with E-state index >= 15 is 0 Å². The Morgan fingerprint density at radius 2 is 2.17 bits per heavy atom. The fourth-order valence-electron chi connectivity index (χ4n) is 2.92. The number of carbonyl (C=O) groups excluding carboxylic acids is 2. The summed E-state index contributed by atoms with van der Waals surface area (Å²) in [5.41, 5.74) is 2.65. The molecule has 1 aromatic carbocycles. The van der Waals surface area contributed by atoms with Crippen LogP contribution in [0.3, 0.4) is 0 Å². The lowest BCUT2D eigenvalue weighted by molar-refractivity contribution is -0.130. The molecule has 0 unspecified atom stereocenters. The van der Waals surface area contributed by atoms with Crippen molar-refractivity contribution in [1.82, 2.24) is 4.90 Å². The van der Waals surface area contributed by atoms with Crippen molar-refractivity contribution in [3.8, 4) is 0 Å². The number of anilines is 1. The Labute approximate surface area is 144 Å². The molecule has 24 heavy (non-hydrogen) atoms. The first-order valence-electron chi connectivity index (χ1n) is 7.88. The number of benzene rings is 1. The second kappa shape index (κ2) is 7.13. The summed E-state index contributed by atoms with van der Waals surface area (Å²) >= 11 is 1.60. The summed E-state index contributed by atoms with van der Waals surface area (Å²) in [4.78, 5) is 27.8. The van der Waals surface area contributed by atoms with Crippen molar-refractivity contribution < 1.29 is 14.0 Å². The number of hydrogen-bond acceptors (Lipinski definition) is 3. The highest BCUT2D eigenvalue weighted by molar-refractivity contribution is 7.07. The van der Waals surface area contributed by atoms with Gasteiger partial charge in [0.25, 0.3) is 0 Å². The van der Waals surface area contributed by atoms with Crippen molar-refractivity contribution in [1.29, 1.82) is 0 Å².